The molecule has 30 heavy (non-hydrogen) atoms. The number of carbonyl (C=O) groups excluding carboxylic acids is 1. The van der Waals surface area contributed by atoms with Gasteiger partial charge in [0.2, 0.25) is 5.91 Å². The van der Waals surface area contributed by atoms with Crippen molar-refractivity contribution in [2.45, 2.75) is 37.8 Å². The van der Waals surface area contributed by atoms with E-state index in [2.05, 4.69) is 10.4 Å². The summed E-state index contributed by atoms with van der Waals surface area (Å²) in [4.78, 5) is 12.7. The number of hydrogen-bond acceptors (Lipinski definition) is 5. The Kier molecular flexibility index (Phi) is 6.80. The van der Waals surface area contributed by atoms with Crippen LogP contribution in [0.15, 0.2) is 47.5 Å². The minimum Gasteiger partial charge on any atom is -0.377 e. The number of nitrogens with one attached hydrogen (secondary N) is 1. The van der Waals surface area contributed by atoms with E-state index in [1.165, 1.54) is 12.3 Å². The number of fused-ring (bicyclic) bond motifs is 1. The Bertz CT molecular complexity index is 1170. The average Bonchev–Trinajstić information content (AvgIpc) is 3.05. The van der Waals surface area contributed by atoms with Crippen LogP contribution in [0.4, 0.5) is 5.69 Å². The van der Waals surface area contributed by atoms with E-state index in [-0.39, 0.29) is 23.3 Å². The van der Waals surface area contributed by atoms with Crippen molar-refractivity contribution in [2.75, 3.05) is 18.2 Å². The van der Waals surface area contributed by atoms with Gasteiger partial charge in [-0.2, -0.15) is 5.10 Å². The zero-order valence-corrected chi connectivity index (χ0v) is 18.6. The van der Waals surface area contributed by atoms with Crippen molar-refractivity contribution >= 4 is 43.9 Å². The largest absolute Gasteiger partial charge is 0.377 e. The SMILES string of the molecule is CC(C)OCCn1ncc2c(S(C)(=O)=O)cc(NC(=O)Cc3ccccc3Cl)cc21. The van der Waals surface area contributed by atoms with Crippen LogP contribution in [0.5, 0.6) is 0 Å². The van der Waals surface area contributed by atoms with Gasteiger partial charge >= 0.3 is 0 Å². The number of aromatic nitrogens is 2. The number of anilines is 1. The molecular formula is C21H24ClN3O4S. The van der Waals surface area contributed by atoms with E-state index in [0.717, 1.165) is 6.26 Å². The van der Waals surface area contributed by atoms with Gasteiger partial charge in [-0.05, 0) is 37.6 Å². The highest BCUT2D eigenvalue weighted by molar-refractivity contribution is 7.91. The van der Waals surface area contributed by atoms with Crippen molar-refractivity contribution in [3.05, 3.63) is 53.2 Å². The van der Waals surface area contributed by atoms with Crippen molar-refractivity contribution in [3.63, 3.8) is 0 Å². The molecular weight excluding hydrogens is 426 g/mol. The van der Waals surface area contributed by atoms with Crippen LogP contribution in [-0.2, 0) is 32.3 Å². The van der Waals surface area contributed by atoms with E-state index < -0.39 is 9.84 Å². The summed E-state index contributed by atoms with van der Waals surface area (Å²) in [5, 5.41) is 8.10. The van der Waals surface area contributed by atoms with Crippen LogP contribution >= 0.6 is 11.6 Å². The van der Waals surface area contributed by atoms with E-state index in [1.807, 2.05) is 13.8 Å². The van der Waals surface area contributed by atoms with Gasteiger partial charge in [-0.3, -0.25) is 9.48 Å². The third kappa shape index (κ3) is 5.38. The fourth-order valence-corrected chi connectivity index (χ4v) is 4.20. The lowest BCUT2D eigenvalue weighted by molar-refractivity contribution is -0.115. The lowest BCUT2D eigenvalue weighted by Crippen LogP contribution is -2.15. The number of halogens is 1. The van der Waals surface area contributed by atoms with Gasteiger partial charge in [0.25, 0.3) is 0 Å². The third-order valence-corrected chi connectivity index (χ3v) is 5.98. The molecule has 3 aromatic rings. The van der Waals surface area contributed by atoms with Gasteiger partial charge < -0.3 is 10.1 Å². The molecule has 1 amide bonds. The Morgan fingerprint density at radius 2 is 2.00 bits per heavy atom. The summed E-state index contributed by atoms with van der Waals surface area (Å²) in [6.45, 7) is 4.78. The monoisotopic (exact) mass is 449 g/mol. The van der Waals surface area contributed by atoms with Gasteiger partial charge in [0, 0.05) is 22.4 Å². The maximum Gasteiger partial charge on any atom is 0.228 e. The highest BCUT2D eigenvalue weighted by Crippen LogP contribution is 2.28. The summed E-state index contributed by atoms with van der Waals surface area (Å²) in [5.41, 5.74) is 1.68. The second-order valence-electron chi connectivity index (χ2n) is 7.28. The molecule has 0 saturated carbocycles. The zero-order chi connectivity index (χ0) is 21.9. The molecule has 0 spiro atoms. The Morgan fingerprint density at radius 1 is 1.27 bits per heavy atom. The maximum absolute atomic E-state index is 12.5. The van der Waals surface area contributed by atoms with Crippen molar-refractivity contribution in [2.24, 2.45) is 0 Å². The molecule has 1 heterocycles. The predicted molar refractivity (Wildman–Crippen MR) is 118 cm³/mol. The molecule has 1 N–H and O–H groups in total. The summed E-state index contributed by atoms with van der Waals surface area (Å²) in [5.74, 6) is -0.295. The first-order chi connectivity index (χ1) is 14.1. The van der Waals surface area contributed by atoms with Crippen LogP contribution in [0.2, 0.25) is 5.02 Å². The number of amides is 1. The maximum atomic E-state index is 12.5. The van der Waals surface area contributed by atoms with E-state index in [9.17, 15) is 13.2 Å². The minimum absolute atomic E-state index is 0.0768. The lowest BCUT2D eigenvalue weighted by Gasteiger charge is -2.11. The quantitative estimate of drug-likeness (QED) is 0.566. The van der Waals surface area contributed by atoms with Crippen LogP contribution in [-0.4, -0.2) is 43.1 Å². The van der Waals surface area contributed by atoms with Gasteiger partial charge in [0.05, 0.1) is 42.3 Å². The Balaban J connectivity index is 1.91. The molecule has 0 atom stereocenters. The molecule has 0 unspecified atom stereocenters. The highest BCUT2D eigenvalue weighted by Gasteiger charge is 2.18. The minimum atomic E-state index is -3.53. The third-order valence-electron chi connectivity index (χ3n) is 4.47. The summed E-state index contributed by atoms with van der Waals surface area (Å²) in [7, 11) is -3.53. The molecule has 0 bridgehead atoms. The molecule has 160 valence electrons. The topological polar surface area (TPSA) is 90.3 Å². The molecule has 7 nitrogen and oxygen atoms in total. The van der Waals surface area contributed by atoms with E-state index >= 15 is 0 Å². The second-order valence-corrected chi connectivity index (χ2v) is 9.67. The smallest absolute Gasteiger partial charge is 0.228 e. The van der Waals surface area contributed by atoms with Crippen LogP contribution in [0.25, 0.3) is 10.9 Å². The van der Waals surface area contributed by atoms with Crippen LogP contribution in [0.3, 0.4) is 0 Å². The van der Waals surface area contributed by atoms with E-state index in [1.54, 1.807) is 35.0 Å². The normalized spacial score (nSPS) is 11.9. The standard InChI is InChI=1S/C21H24ClN3O4S/c1-14(2)29-9-8-25-19-11-16(12-20(30(3,27)28)17(19)13-23-25)24-21(26)10-15-6-4-5-7-18(15)22/h4-7,11-14H,8-10H2,1-3H3,(H,24,26). The fraction of sp³-hybridized carbons (Fsp3) is 0.333. The first kappa shape index (κ1) is 22.3. The number of carbonyl (C=O) groups is 1. The lowest BCUT2D eigenvalue weighted by atomic mass is 10.1. The van der Waals surface area contributed by atoms with Gasteiger partial charge in [-0.1, -0.05) is 29.8 Å². The van der Waals surface area contributed by atoms with Crippen LogP contribution in [0, 0.1) is 0 Å². The second kappa shape index (κ2) is 9.16. The van der Waals surface area contributed by atoms with Crippen molar-refractivity contribution in [1.82, 2.24) is 9.78 Å². The highest BCUT2D eigenvalue weighted by atomic mass is 35.5. The molecule has 0 saturated heterocycles. The van der Waals surface area contributed by atoms with Crippen LogP contribution in [0.1, 0.15) is 19.4 Å². The zero-order valence-electron chi connectivity index (χ0n) is 17.1. The van der Waals surface area contributed by atoms with E-state index in [4.69, 9.17) is 16.3 Å². The number of benzene rings is 2. The van der Waals surface area contributed by atoms with Gasteiger partial charge in [-0.15, -0.1) is 0 Å². The van der Waals surface area contributed by atoms with Gasteiger partial charge in [-0.25, -0.2) is 8.42 Å². The molecule has 1 aromatic heterocycles. The van der Waals surface area contributed by atoms with Gasteiger partial charge in [0.15, 0.2) is 9.84 Å². The van der Waals surface area contributed by atoms with E-state index in [0.29, 0.717) is 40.3 Å². The summed E-state index contributed by atoms with van der Waals surface area (Å²) < 4.78 is 31.9. The Hall–Kier alpha value is -2.42. The van der Waals surface area contributed by atoms with Crippen molar-refractivity contribution < 1.29 is 17.9 Å². The summed E-state index contributed by atoms with van der Waals surface area (Å²) in [6.07, 6.45) is 2.82. The van der Waals surface area contributed by atoms with Crippen molar-refractivity contribution in [3.8, 4) is 0 Å². The molecule has 3 rings (SSSR count). The fourth-order valence-electron chi connectivity index (χ4n) is 3.10. The predicted octanol–water partition coefficient (Wildman–Crippen LogP) is 3.70. The number of nitrogens with zero attached hydrogens (tertiary/aromatic N) is 2. The molecule has 0 radical (unpaired) electrons. The summed E-state index contributed by atoms with van der Waals surface area (Å²) >= 11 is 6.13. The molecule has 2 aromatic carbocycles. The number of sulfone groups is 1. The Morgan fingerprint density at radius 3 is 2.67 bits per heavy atom. The molecule has 0 aliphatic rings. The number of hydrogen-bond donors (Lipinski definition) is 1. The molecule has 9 heteroatoms. The summed E-state index contributed by atoms with van der Waals surface area (Å²) in [6, 6.07) is 10.3. The van der Waals surface area contributed by atoms with Crippen molar-refractivity contribution in [1.29, 1.82) is 0 Å². The Labute approximate surface area is 180 Å². The molecule has 0 aliphatic carbocycles. The first-order valence-corrected chi connectivity index (χ1v) is 11.8. The number of ether oxygens (including phenoxy) is 1. The first-order valence-electron chi connectivity index (χ1n) is 9.49. The molecule has 0 fully saturated rings. The van der Waals surface area contributed by atoms with Crippen LogP contribution < -0.4 is 5.32 Å². The van der Waals surface area contributed by atoms with Gasteiger partial charge in [0.1, 0.15) is 0 Å². The molecule has 0 aliphatic heterocycles. The average molecular weight is 450 g/mol. The number of rotatable bonds is 8.